The molecule has 0 aliphatic rings. The van der Waals surface area contributed by atoms with E-state index >= 15 is 0 Å². The number of benzene rings is 1. The van der Waals surface area contributed by atoms with Crippen molar-refractivity contribution in [2.24, 2.45) is 17.6 Å². The normalized spacial score (nSPS) is 14.6. The highest BCUT2D eigenvalue weighted by Crippen LogP contribution is 2.19. The SMILES string of the molecule is CSCCC(NC(=O)C(N)CC(C)C)C(=O)NC(CC(C)C)C(=O)NC(Cc1c[nH]c2ccccc12)C(=O)O. The molecule has 1 heterocycles. The average Bonchev–Trinajstić information content (AvgIpc) is 3.27. The molecule has 4 unspecified atom stereocenters. The molecule has 2 aromatic rings. The van der Waals surface area contributed by atoms with Gasteiger partial charge >= 0.3 is 5.97 Å². The number of thioether (sulfide) groups is 1. The zero-order chi connectivity index (χ0) is 29.1. The minimum absolute atomic E-state index is 0.0386. The molecule has 0 saturated heterocycles. The van der Waals surface area contributed by atoms with E-state index in [2.05, 4.69) is 20.9 Å². The van der Waals surface area contributed by atoms with E-state index < -0.39 is 47.9 Å². The number of carbonyl (C=O) groups excluding carboxylic acids is 3. The first-order valence-electron chi connectivity index (χ1n) is 13.4. The van der Waals surface area contributed by atoms with Gasteiger partial charge in [0.15, 0.2) is 0 Å². The molecule has 1 aromatic heterocycles. The van der Waals surface area contributed by atoms with Crippen LogP contribution in [-0.2, 0) is 25.6 Å². The average molecular weight is 562 g/mol. The highest BCUT2D eigenvalue weighted by atomic mass is 32.2. The van der Waals surface area contributed by atoms with Crippen LogP contribution in [0.1, 0.15) is 52.5 Å². The fraction of sp³-hybridized carbons (Fsp3) is 0.571. The van der Waals surface area contributed by atoms with Gasteiger partial charge in [-0.05, 0) is 54.7 Å². The molecule has 4 atom stereocenters. The highest BCUT2D eigenvalue weighted by Gasteiger charge is 2.31. The molecule has 0 fully saturated rings. The largest absolute Gasteiger partial charge is 0.480 e. The van der Waals surface area contributed by atoms with Crippen molar-refractivity contribution in [2.45, 2.75) is 77.5 Å². The summed E-state index contributed by atoms with van der Waals surface area (Å²) in [6.45, 7) is 7.74. The third-order valence-corrected chi connectivity index (χ3v) is 7.00. The van der Waals surface area contributed by atoms with Gasteiger partial charge in [0.1, 0.15) is 18.1 Å². The van der Waals surface area contributed by atoms with Gasteiger partial charge in [-0.2, -0.15) is 11.8 Å². The van der Waals surface area contributed by atoms with Crippen LogP contribution in [0.4, 0.5) is 0 Å². The number of aromatic nitrogens is 1. The molecule has 0 radical (unpaired) electrons. The number of carboxylic acids is 1. The van der Waals surface area contributed by atoms with Gasteiger partial charge in [0.25, 0.3) is 0 Å². The number of carboxylic acid groups (broad SMARTS) is 1. The van der Waals surface area contributed by atoms with Gasteiger partial charge in [-0.1, -0.05) is 45.9 Å². The van der Waals surface area contributed by atoms with Gasteiger partial charge in [-0.3, -0.25) is 14.4 Å². The summed E-state index contributed by atoms with van der Waals surface area (Å²) in [5.41, 5.74) is 7.65. The molecule has 3 amide bonds. The van der Waals surface area contributed by atoms with Crippen molar-refractivity contribution < 1.29 is 24.3 Å². The van der Waals surface area contributed by atoms with Crippen molar-refractivity contribution in [3.8, 4) is 0 Å². The molecule has 0 spiro atoms. The van der Waals surface area contributed by atoms with E-state index in [9.17, 15) is 24.3 Å². The van der Waals surface area contributed by atoms with Crippen molar-refractivity contribution in [1.82, 2.24) is 20.9 Å². The molecule has 0 aliphatic carbocycles. The summed E-state index contributed by atoms with van der Waals surface area (Å²) in [4.78, 5) is 54.4. The number of para-hydroxylation sites is 1. The number of amides is 3. The smallest absolute Gasteiger partial charge is 0.326 e. The molecule has 39 heavy (non-hydrogen) atoms. The maximum Gasteiger partial charge on any atom is 0.326 e. The lowest BCUT2D eigenvalue weighted by Gasteiger charge is -2.26. The van der Waals surface area contributed by atoms with Crippen LogP contribution in [0.15, 0.2) is 30.5 Å². The number of aliphatic carboxylic acids is 1. The van der Waals surface area contributed by atoms with E-state index in [1.807, 2.05) is 58.2 Å². The number of H-pyrrole nitrogens is 1. The lowest BCUT2D eigenvalue weighted by atomic mass is 10.0. The van der Waals surface area contributed by atoms with Crippen LogP contribution in [0.2, 0.25) is 0 Å². The Morgan fingerprint density at radius 2 is 1.49 bits per heavy atom. The van der Waals surface area contributed by atoms with Gasteiger partial charge in [0.2, 0.25) is 17.7 Å². The number of nitrogens with two attached hydrogens (primary N) is 1. The second-order valence-corrected chi connectivity index (χ2v) is 11.7. The van der Waals surface area contributed by atoms with E-state index in [1.165, 1.54) is 11.8 Å². The Bertz CT molecular complexity index is 1120. The lowest BCUT2D eigenvalue weighted by molar-refractivity contribution is -0.142. The zero-order valence-electron chi connectivity index (χ0n) is 23.5. The second-order valence-electron chi connectivity index (χ2n) is 10.7. The van der Waals surface area contributed by atoms with Crippen LogP contribution >= 0.6 is 11.8 Å². The van der Waals surface area contributed by atoms with E-state index in [0.717, 1.165) is 16.5 Å². The summed E-state index contributed by atoms with van der Waals surface area (Å²) in [6.07, 6.45) is 4.86. The van der Waals surface area contributed by atoms with Gasteiger partial charge in [-0.25, -0.2) is 4.79 Å². The van der Waals surface area contributed by atoms with Crippen molar-refractivity contribution in [3.05, 3.63) is 36.0 Å². The molecule has 0 saturated carbocycles. The van der Waals surface area contributed by atoms with E-state index in [1.54, 1.807) is 6.20 Å². The Hall–Kier alpha value is -3.05. The summed E-state index contributed by atoms with van der Waals surface area (Å²) in [5.74, 6) is -1.81. The second kappa shape index (κ2) is 15.5. The Morgan fingerprint density at radius 3 is 2.10 bits per heavy atom. The minimum Gasteiger partial charge on any atom is -0.480 e. The summed E-state index contributed by atoms with van der Waals surface area (Å²) < 4.78 is 0. The molecule has 11 heteroatoms. The fourth-order valence-electron chi connectivity index (χ4n) is 4.37. The summed E-state index contributed by atoms with van der Waals surface area (Å²) in [7, 11) is 0. The molecule has 0 aliphatic heterocycles. The topological polar surface area (TPSA) is 166 Å². The number of fused-ring (bicyclic) bond motifs is 1. The molecule has 10 nitrogen and oxygen atoms in total. The Morgan fingerprint density at radius 1 is 0.897 bits per heavy atom. The first-order chi connectivity index (χ1) is 18.4. The van der Waals surface area contributed by atoms with Gasteiger partial charge in [0, 0.05) is 23.5 Å². The number of nitrogens with one attached hydrogen (secondary N) is 4. The van der Waals surface area contributed by atoms with Crippen molar-refractivity contribution in [2.75, 3.05) is 12.0 Å². The quantitative estimate of drug-likeness (QED) is 0.183. The lowest BCUT2D eigenvalue weighted by Crippen LogP contribution is -2.57. The minimum atomic E-state index is -1.19. The number of hydrogen-bond acceptors (Lipinski definition) is 6. The standard InChI is InChI=1S/C28H43N5O5S/c1-16(2)12-20(29)25(34)31-22(10-11-39-5)26(35)32-23(13-17(3)4)27(36)33-24(28(37)38)14-18-15-30-21-9-7-6-8-19(18)21/h6-9,15-17,20,22-24,30H,10-14,29H2,1-5H3,(H,31,34)(H,32,35)(H,33,36)(H,37,38). The van der Waals surface area contributed by atoms with Gasteiger partial charge < -0.3 is 31.8 Å². The van der Waals surface area contributed by atoms with Crippen LogP contribution in [0.3, 0.4) is 0 Å². The van der Waals surface area contributed by atoms with Crippen LogP contribution < -0.4 is 21.7 Å². The van der Waals surface area contributed by atoms with Crippen LogP contribution in [0, 0.1) is 11.8 Å². The molecule has 0 bridgehead atoms. The fourth-order valence-corrected chi connectivity index (χ4v) is 4.84. The summed E-state index contributed by atoms with van der Waals surface area (Å²) in [6, 6.07) is 3.75. The number of aromatic amines is 1. The van der Waals surface area contributed by atoms with Crippen LogP contribution in [0.25, 0.3) is 10.9 Å². The van der Waals surface area contributed by atoms with Crippen molar-refractivity contribution in [1.29, 1.82) is 0 Å². The summed E-state index contributed by atoms with van der Waals surface area (Å²) >= 11 is 1.53. The first-order valence-corrected chi connectivity index (χ1v) is 14.8. The highest BCUT2D eigenvalue weighted by molar-refractivity contribution is 7.98. The van der Waals surface area contributed by atoms with Crippen LogP contribution in [0.5, 0.6) is 0 Å². The van der Waals surface area contributed by atoms with Crippen molar-refractivity contribution in [3.63, 3.8) is 0 Å². The zero-order valence-corrected chi connectivity index (χ0v) is 24.3. The summed E-state index contributed by atoms with van der Waals surface area (Å²) in [5, 5.41) is 18.9. The van der Waals surface area contributed by atoms with Crippen molar-refractivity contribution >= 4 is 46.4 Å². The Labute approximate surface area is 234 Å². The third-order valence-electron chi connectivity index (χ3n) is 6.36. The number of carbonyl (C=O) groups is 4. The molecular weight excluding hydrogens is 518 g/mol. The first kappa shape index (κ1) is 32.2. The maximum atomic E-state index is 13.3. The number of rotatable bonds is 16. The molecular formula is C28H43N5O5S. The van der Waals surface area contributed by atoms with E-state index in [4.69, 9.17) is 5.73 Å². The molecule has 2 rings (SSSR count). The number of hydrogen-bond donors (Lipinski definition) is 6. The third kappa shape index (κ3) is 10.2. The predicted molar refractivity (Wildman–Crippen MR) is 155 cm³/mol. The molecule has 7 N–H and O–H groups in total. The van der Waals surface area contributed by atoms with E-state index in [-0.39, 0.29) is 18.3 Å². The predicted octanol–water partition coefficient (Wildman–Crippen LogP) is 2.42. The molecule has 1 aromatic carbocycles. The van der Waals surface area contributed by atoms with Crippen LogP contribution in [-0.4, -0.2) is 70.0 Å². The molecule has 216 valence electrons. The van der Waals surface area contributed by atoms with Gasteiger partial charge in [0.05, 0.1) is 6.04 Å². The van der Waals surface area contributed by atoms with Gasteiger partial charge in [-0.15, -0.1) is 0 Å². The maximum absolute atomic E-state index is 13.3. The van der Waals surface area contributed by atoms with E-state index in [0.29, 0.717) is 25.0 Å². The Balaban J connectivity index is 2.16. The Kier molecular flexibility index (Phi) is 12.8. The monoisotopic (exact) mass is 561 g/mol.